The number of benzene rings is 2. The quantitative estimate of drug-likeness (QED) is 0.785. The van der Waals surface area contributed by atoms with E-state index >= 15 is 0 Å². The summed E-state index contributed by atoms with van der Waals surface area (Å²) in [6.45, 7) is 4.21. The maximum atomic E-state index is 6.48. The number of methoxy groups -OCH3 is 2. The van der Waals surface area contributed by atoms with Crippen molar-refractivity contribution in [2.75, 3.05) is 14.2 Å². The van der Waals surface area contributed by atoms with E-state index in [1.54, 1.807) is 26.0 Å². The van der Waals surface area contributed by atoms with Crippen molar-refractivity contribution >= 4 is 11.8 Å². The molecule has 2 aliphatic rings. The van der Waals surface area contributed by atoms with Crippen molar-refractivity contribution in [3.8, 4) is 11.5 Å². The predicted molar refractivity (Wildman–Crippen MR) is 96.6 cm³/mol. The lowest BCUT2D eigenvalue weighted by molar-refractivity contribution is -0.300. The minimum atomic E-state index is -0.909. The third-order valence-electron chi connectivity index (χ3n) is 4.71. The number of fused-ring (bicyclic) bond motifs is 4. The second-order valence-electron chi connectivity index (χ2n) is 6.49. The number of rotatable bonds is 2. The molecule has 1 fully saturated rings. The average Bonchev–Trinajstić information content (AvgIpc) is 2.60. The highest BCUT2D eigenvalue weighted by atomic mass is 32.2. The van der Waals surface area contributed by atoms with Gasteiger partial charge in [0.15, 0.2) is 11.5 Å². The Bertz CT molecular complexity index is 794. The molecule has 1 saturated heterocycles. The topological polar surface area (TPSA) is 36.9 Å². The standard InChI is InChI=1S/C20H22O4S/c1-12-11-13(2)24-20(23-12)14-7-5-6-8-17(14)25-19-15(20)9-10-16(21-3)18(19)22-4/h5-10,12-13H,11H2,1-4H3. The number of hydrogen-bond donors (Lipinski definition) is 0. The zero-order valence-corrected chi connectivity index (χ0v) is 15.7. The van der Waals surface area contributed by atoms with Crippen molar-refractivity contribution in [2.45, 2.75) is 48.1 Å². The molecular formula is C20H22O4S. The van der Waals surface area contributed by atoms with Gasteiger partial charge in [-0.05, 0) is 38.5 Å². The predicted octanol–water partition coefficient (Wildman–Crippen LogP) is 4.58. The normalized spacial score (nSPS) is 27.5. The van der Waals surface area contributed by atoms with E-state index in [1.165, 1.54) is 0 Å². The third kappa shape index (κ3) is 2.53. The molecule has 132 valence electrons. The minimum absolute atomic E-state index is 0.0980. The lowest BCUT2D eigenvalue weighted by Crippen LogP contribution is -2.47. The molecule has 2 unspecified atom stereocenters. The second kappa shape index (κ2) is 6.24. The molecule has 2 aromatic carbocycles. The fourth-order valence-electron chi connectivity index (χ4n) is 3.75. The molecule has 2 heterocycles. The minimum Gasteiger partial charge on any atom is -0.493 e. The summed E-state index contributed by atoms with van der Waals surface area (Å²) in [6, 6.07) is 12.2. The van der Waals surface area contributed by atoms with E-state index in [1.807, 2.05) is 24.3 Å². The van der Waals surface area contributed by atoms with Gasteiger partial charge in [-0.25, -0.2) is 0 Å². The maximum absolute atomic E-state index is 6.48. The summed E-state index contributed by atoms with van der Waals surface area (Å²) in [6.07, 6.45) is 1.07. The molecule has 0 aromatic heterocycles. The van der Waals surface area contributed by atoms with Crippen LogP contribution in [0.1, 0.15) is 31.4 Å². The van der Waals surface area contributed by atoms with Crippen molar-refractivity contribution < 1.29 is 18.9 Å². The van der Waals surface area contributed by atoms with Gasteiger partial charge in [0.2, 0.25) is 5.79 Å². The van der Waals surface area contributed by atoms with E-state index in [-0.39, 0.29) is 12.2 Å². The largest absolute Gasteiger partial charge is 0.493 e. The van der Waals surface area contributed by atoms with Crippen LogP contribution in [0.5, 0.6) is 11.5 Å². The van der Waals surface area contributed by atoms with Crippen LogP contribution >= 0.6 is 11.8 Å². The Balaban J connectivity index is 1.99. The van der Waals surface area contributed by atoms with Gasteiger partial charge >= 0.3 is 0 Å². The molecule has 4 nitrogen and oxygen atoms in total. The third-order valence-corrected chi connectivity index (χ3v) is 5.89. The Hall–Kier alpha value is -1.69. The van der Waals surface area contributed by atoms with Crippen LogP contribution in [0.25, 0.3) is 0 Å². The first kappa shape index (κ1) is 16.8. The molecule has 0 N–H and O–H groups in total. The number of ether oxygens (including phenoxy) is 4. The Morgan fingerprint density at radius 1 is 0.960 bits per heavy atom. The molecule has 2 atom stereocenters. The molecule has 4 rings (SSSR count). The van der Waals surface area contributed by atoms with Gasteiger partial charge in [-0.3, -0.25) is 0 Å². The highest BCUT2D eigenvalue weighted by molar-refractivity contribution is 7.99. The Labute approximate surface area is 152 Å². The summed E-state index contributed by atoms with van der Waals surface area (Å²) in [5.74, 6) is 0.519. The van der Waals surface area contributed by atoms with Crippen molar-refractivity contribution in [2.24, 2.45) is 0 Å². The fourth-order valence-corrected chi connectivity index (χ4v) is 5.02. The van der Waals surface area contributed by atoms with Gasteiger partial charge < -0.3 is 18.9 Å². The van der Waals surface area contributed by atoms with Crippen LogP contribution in [-0.2, 0) is 15.3 Å². The van der Waals surface area contributed by atoms with Crippen molar-refractivity contribution in [3.05, 3.63) is 47.5 Å². The molecular weight excluding hydrogens is 336 g/mol. The average molecular weight is 358 g/mol. The van der Waals surface area contributed by atoms with Gasteiger partial charge in [-0.2, -0.15) is 0 Å². The SMILES string of the molecule is COc1ccc2c(c1OC)Sc1ccccc1C21OC(C)CC(C)O1. The summed E-state index contributed by atoms with van der Waals surface area (Å²) in [4.78, 5) is 2.10. The first-order valence-electron chi connectivity index (χ1n) is 8.47. The molecule has 0 amide bonds. The van der Waals surface area contributed by atoms with Gasteiger partial charge in [0, 0.05) is 16.0 Å². The van der Waals surface area contributed by atoms with Gasteiger partial charge in [0.1, 0.15) is 0 Å². The lowest BCUT2D eigenvalue weighted by atomic mass is 9.93. The molecule has 2 aliphatic heterocycles. The molecule has 0 aliphatic carbocycles. The molecule has 1 spiro atoms. The van der Waals surface area contributed by atoms with E-state index < -0.39 is 5.79 Å². The zero-order chi connectivity index (χ0) is 17.6. The Morgan fingerprint density at radius 3 is 2.36 bits per heavy atom. The first-order chi connectivity index (χ1) is 12.1. The molecule has 2 aromatic rings. The van der Waals surface area contributed by atoms with E-state index in [2.05, 4.69) is 26.0 Å². The van der Waals surface area contributed by atoms with Crippen molar-refractivity contribution in [1.29, 1.82) is 0 Å². The maximum Gasteiger partial charge on any atom is 0.225 e. The number of hydrogen-bond acceptors (Lipinski definition) is 5. The van der Waals surface area contributed by atoms with Crippen LogP contribution in [0.4, 0.5) is 0 Å². The Morgan fingerprint density at radius 2 is 1.68 bits per heavy atom. The van der Waals surface area contributed by atoms with E-state index in [0.717, 1.165) is 33.1 Å². The monoisotopic (exact) mass is 358 g/mol. The highest BCUT2D eigenvalue weighted by Crippen LogP contribution is 2.57. The Kier molecular flexibility index (Phi) is 4.18. The van der Waals surface area contributed by atoms with Gasteiger partial charge in [-0.1, -0.05) is 30.0 Å². The molecule has 5 heteroatoms. The van der Waals surface area contributed by atoms with Gasteiger partial charge in [0.25, 0.3) is 0 Å². The van der Waals surface area contributed by atoms with Crippen LogP contribution < -0.4 is 9.47 Å². The van der Waals surface area contributed by atoms with Crippen LogP contribution in [-0.4, -0.2) is 26.4 Å². The van der Waals surface area contributed by atoms with Crippen LogP contribution in [0, 0.1) is 0 Å². The molecule has 0 radical (unpaired) electrons. The fraction of sp³-hybridized carbons (Fsp3) is 0.400. The summed E-state index contributed by atoms with van der Waals surface area (Å²) < 4.78 is 24.1. The van der Waals surface area contributed by atoms with Crippen molar-refractivity contribution in [1.82, 2.24) is 0 Å². The van der Waals surface area contributed by atoms with E-state index in [4.69, 9.17) is 18.9 Å². The summed E-state index contributed by atoms with van der Waals surface area (Å²) in [5.41, 5.74) is 2.03. The summed E-state index contributed by atoms with van der Waals surface area (Å²) >= 11 is 1.67. The zero-order valence-electron chi connectivity index (χ0n) is 14.9. The smallest absolute Gasteiger partial charge is 0.225 e. The molecule has 0 bridgehead atoms. The van der Waals surface area contributed by atoms with Crippen LogP contribution in [0.2, 0.25) is 0 Å². The summed E-state index contributed by atoms with van der Waals surface area (Å²) in [5, 5.41) is 0. The van der Waals surface area contributed by atoms with Crippen molar-refractivity contribution in [3.63, 3.8) is 0 Å². The summed E-state index contributed by atoms with van der Waals surface area (Å²) in [7, 11) is 3.32. The van der Waals surface area contributed by atoms with Crippen LogP contribution in [0.3, 0.4) is 0 Å². The van der Waals surface area contributed by atoms with E-state index in [9.17, 15) is 0 Å². The van der Waals surface area contributed by atoms with Gasteiger partial charge in [0.05, 0.1) is 31.3 Å². The molecule has 0 saturated carbocycles. The van der Waals surface area contributed by atoms with Crippen LogP contribution in [0.15, 0.2) is 46.2 Å². The molecule has 25 heavy (non-hydrogen) atoms. The second-order valence-corrected chi connectivity index (χ2v) is 7.54. The van der Waals surface area contributed by atoms with E-state index in [0.29, 0.717) is 5.75 Å². The lowest BCUT2D eigenvalue weighted by Gasteiger charge is -2.46. The highest BCUT2D eigenvalue weighted by Gasteiger charge is 2.49. The first-order valence-corrected chi connectivity index (χ1v) is 9.29. The van der Waals surface area contributed by atoms with Gasteiger partial charge in [-0.15, -0.1) is 0 Å².